The molecule has 0 spiro atoms. The van der Waals surface area contributed by atoms with Crippen LogP contribution in [0.15, 0.2) is 6.07 Å². The minimum atomic E-state index is -0.152. The average Bonchev–Trinajstić information content (AvgIpc) is 2.85. The summed E-state index contributed by atoms with van der Waals surface area (Å²) < 4.78 is 11.1. The summed E-state index contributed by atoms with van der Waals surface area (Å²) in [5, 5.41) is 4.36. The van der Waals surface area contributed by atoms with Gasteiger partial charge in [0.15, 0.2) is 11.5 Å². The fourth-order valence-electron chi connectivity index (χ4n) is 3.01. The Morgan fingerprint density at radius 1 is 1.30 bits per heavy atom. The summed E-state index contributed by atoms with van der Waals surface area (Å²) in [5.74, 6) is 1.84. The van der Waals surface area contributed by atoms with Crippen LogP contribution in [0.2, 0.25) is 5.02 Å². The zero-order chi connectivity index (χ0) is 14.9. The van der Waals surface area contributed by atoms with E-state index in [4.69, 9.17) is 21.1 Å². The van der Waals surface area contributed by atoms with Gasteiger partial charge in [0.1, 0.15) is 0 Å². The minimum Gasteiger partial charge on any atom is -0.493 e. The molecule has 1 saturated heterocycles. The third kappa shape index (κ3) is 2.49. The van der Waals surface area contributed by atoms with Gasteiger partial charge in [0.25, 0.3) is 0 Å². The summed E-state index contributed by atoms with van der Waals surface area (Å²) in [4.78, 5) is 0. The highest BCUT2D eigenvalue weighted by atomic mass is 35.5. The van der Waals surface area contributed by atoms with Crippen molar-refractivity contribution in [1.29, 1.82) is 0 Å². The quantitative estimate of drug-likeness (QED) is 0.908. The number of halogens is 1. The number of nitrogens with one attached hydrogen (secondary N) is 1. The maximum absolute atomic E-state index is 6.71. The van der Waals surface area contributed by atoms with Crippen molar-refractivity contribution in [3.05, 3.63) is 22.2 Å². The second kappa shape index (κ2) is 5.82. The van der Waals surface area contributed by atoms with E-state index in [0.717, 1.165) is 47.0 Å². The maximum atomic E-state index is 6.71. The minimum absolute atomic E-state index is 0.152. The zero-order valence-electron chi connectivity index (χ0n) is 13.0. The Labute approximate surface area is 126 Å². The Bertz CT molecular complexity index is 494. The molecule has 0 aromatic heterocycles. The lowest BCUT2D eigenvalue weighted by Crippen LogP contribution is -2.34. The van der Waals surface area contributed by atoms with E-state index < -0.39 is 0 Å². The molecule has 1 aliphatic heterocycles. The summed E-state index contributed by atoms with van der Waals surface area (Å²) in [6.07, 6.45) is 2.19. The molecule has 112 valence electrons. The van der Waals surface area contributed by atoms with E-state index in [9.17, 15) is 0 Å². The van der Waals surface area contributed by atoms with Crippen molar-refractivity contribution >= 4 is 11.6 Å². The molecule has 0 aliphatic carbocycles. The summed E-state index contributed by atoms with van der Waals surface area (Å²) in [5.41, 5.74) is 1.98. The molecule has 1 fully saturated rings. The number of ether oxygens (including phenoxy) is 2. The van der Waals surface area contributed by atoms with E-state index in [-0.39, 0.29) is 5.54 Å². The normalized spacial score (nSPS) is 22.4. The lowest BCUT2D eigenvalue weighted by Gasteiger charge is -2.30. The molecule has 0 saturated carbocycles. The van der Waals surface area contributed by atoms with Crippen LogP contribution in [-0.2, 0) is 5.54 Å². The lowest BCUT2D eigenvalue weighted by atomic mass is 9.86. The van der Waals surface area contributed by atoms with Crippen LogP contribution in [-0.4, -0.2) is 20.8 Å². The van der Waals surface area contributed by atoms with Gasteiger partial charge in [0.2, 0.25) is 0 Å². The number of hydrogen-bond donors (Lipinski definition) is 1. The summed E-state index contributed by atoms with van der Waals surface area (Å²) in [6.45, 7) is 7.47. The van der Waals surface area contributed by atoms with Gasteiger partial charge in [0, 0.05) is 11.1 Å². The molecule has 1 N–H and O–H groups in total. The van der Waals surface area contributed by atoms with Gasteiger partial charge in [-0.3, -0.25) is 0 Å². The molecule has 20 heavy (non-hydrogen) atoms. The summed E-state index contributed by atoms with van der Waals surface area (Å²) in [7, 11) is 3.34. The summed E-state index contributed by atoms with van der Waals surface area (Å²) >= 11 is 6.71. The molecule has 4 heteroatoms. The zero-order valence-corrected chi connectivity index (χ0v) is 13.7. The van der Waals surface area contributed by atoms with Crippen molar-refractivity contribution < 1.29 is 9.47 Å². The second-order valence-corrected chi connectivity index (χ2v) is 6.29. The van der Waals surface area contributed by atoms with E-state index in [1.807, 2.05) is 6.07 Å². The van der Waals surface area contributed by atoms with E-state index in [1.54, 1.807) is 14.2 Å². The predicted molar refractivity (Wildman–Crippen MR) is 83.2 cm³/mol. The highest BCUT2D eigenvalue weighted by Crippen LogP contribution is 2.48. The fourth-order valence-corrected chi connectivity index (χ4v) is 3.58. The van der Waals surface area contributed by atoms with Gasteiger partial charge < -0.3 is 14.8 Å². The van der Waals surface area contributed by atoms with Crippen LogP contribution in [0.1, 0.15) is 50.7 Å². The molecule has 0 radical (unpaired) electrons. The molecule has 1 aliphatic rings. The summed E-state index contributed by atoms with van der Waals surface area (Å²) in [6, 6.07) is 1.99. The van der Waals surface area contributed by atoms with Crippen LogP contribution >= 0.6 is 11.6 Å². The number of benzene rings is 1. The highest BCUT2D eigenvalue weighted by molar-refractivity contribution is 6.32. The first-order valence-corrected chi connectivity index (χ1v) is 7.52. The first-order valence-electron chi connectivity index (χ1n) is 7.14. The lowest BCUT2D eigenvalue weighted by molar-refractivity contribution is 0.333. The van der Waals surface area contributed by atoms with Crippen LogP contribution in [0.3, 0.4) is 0 Å². The SMILES string of the molecule is COc1cc(C(C)C)c(Cl)c(C2(C)CCCN2)c1OC. The molecule has 1 unspecified atom stereocenters. The van der Waals surface area contributed by atoms with Crippen molar-refractivity contribution in [2.45, 2.75) is 45.1 Å². The number of rotatable bonds is 4. The van der Waals surface area contributed by atoms with Crippen LogP contribution < -0.4 is 14.8 Å². The van der Waals surface area contributed by atoms with Crippen molar-refractivity contribution in [3.8, 4) is 11.5 Å². The van der Waals surface area contributed by atoms with Gasteiger partial charge in [-0.1, -0.05) is 25.4 Å². The van der Waals surface area contributed by atoms with Gasteiger partial charge in [0.05, 0.1) is 19.2 Å². The fraction of sp³-hybridized carbons (Fsp3) is 0.625. The number of methoxy groups -OCH3 is 2. The van der Waals surface area contributed by atoms with Crippen LogP contribution in [0.4, 0.5) is 0 Å². The van der Waals surface area contributed by atoms with Gasteiger partial charge >= 0.3 is 0 Å². The Morgan fingerprint density at radius 2 is 2.00 bits per heavy atom. The van der Waals surface area contributed by atoms with E-state index in [0.29, 0.717) is 5.92 Å². The predicted octanol–water partition coefficient (Wildman–Crippen LogP) is 4.08. The van der Waals surface area contributed by atoms with E-state index in [2.05, 4.69) is 26.1 Å². The van der Waals surface area contributed by atoms with Crippen LogP contribution in [0, 0.1) is 0 Å². The second-order valence-electron chi connectivity index (χ2n) is 5.91. The van der Waals surface area contributed by atoms with Crippen LogP contribution in [0.5, 0.6) is 11.5 Å². The number of hydrogen-bond acceptors (Lipinski definition) is 3. The molecule has 3 nitrogen and oxygen atoms in total. The Kier molecular flexibility index (Phi) is 4.50. The molecule has 0 bridgehead atoms. The molecule has 1 atom stereocenters. The first kappa shape index (κ1) is 15.5. The van der Waals surface area contributed by atoms with E-state index in [1.165, 1.54) is 0 Å². The highest BCUT2D eigenvalue weighted by Gasteiger charge is 2.37. The van der Waals surface area contributed by atoms with Gasteiger partial charge in [-0.05, 0) is 43.9 Å². The van der Waals surface area contributed by atoms with Crippen molar-refractivity contribution in [2.75, 3.05) is 20.8 Å². The third-order valence-corrected chi connectivity index (χ3v) is 4.58. The van der Waals surface area contributed by atoms with Crippen molar-refractivity contribution in [2.24, 2.45) is 0 Å². The maximum Gasteiger partial charge on any atom is 0.167 e. The molecular weight excluding hydrogens is 274 g/mol. The third-order valence-electron chi connectivity index (χ3n) is 4.18. The average molecular weight is 298 g/mol. The molecular formula is C16H24ClNO2. The Hall–Kier alpha value is -0.930. The molecule has 1 heterocycles. The van der Waals surface area contributed by atoms with Gasteiger partial charge in [-0.25, -0.2) is 0 Å². The largest absolute Gasteiger partial charge is 0.493 e. The van der Waals surface area contributed by atoms with Gasteiger partial charge in [-0.15, -0.1) is 0 Å². The standard InChI is InChI=1S/C16H24ClNO2/c1-10(2)11-9-12(19-4)15(20-5)13(14(11)17)16(3)7-6-8-18-16/h9-10,18H,6-8H2,1-5H3. The topological polar surface area (TPSA) is 30.5 Å². The first-order chi connectivity index (χ1) is 9.44. The monoisotopic (exact) mass is 297 g/mol. The van der Waals surface area contributed by atoms with E-state index >= 15 is 0 Å². The van der Waals surface area contributed by atoms with Crippen molar-refractivity contribution in [1.82, 2.24) is 5.32 Å². The molecule has 0 amide bonds. The molecule has 1 aromatic carbocycles. The Balaban J connectivity index is 2.71. The molecule has 2 rings (SSSR count). The van der Waals surface area contributed by atoms with Crippen LogP contribution in [0.25, 0.3) is 0 Å². The van der Waals surface area contributed by atoms with Gasteiger partial charge in [-0.2, -0.15) is 0 Å². The smallest absolute Gasteiger partial charge is 0.167 e. The Morgan fingerprint density at radius 3 is 2.45 bits per heavy atom. The van der Waals surface area contributed by atoms with Crippen molar-refractivity contribution in [3.63, 3.8) is 0 Å². The molecule has 1 aromatic rings.